The number of benzene rings is 2. The van der Waals surface area contributed by atoms with Gasteiger partial charge in [0.1, 0.15) is 5.75 Å². The molecule has 3 aromatic rings. The molecule has 8 heteroatoms. The van der Waals surface area contributed by atoms with Crippen LogP contribution in [0.15, 0.2) is 48.5 Å². The van der Waals surface area contributed by atoms with Crippen LogP contribution in [-0.4, -0.2) is 102 Å². The molecule has 0 atom stereocenters. The van der Waals surface area contributed by atoms with E-state index in [9.17, 15) is 9.90 Å². The van der Waals surface area contributed by atoms with Crippen LogP contribution in [0.3, 0.4) is 0 Å². The zero-order valence-corrected chi connectivity index (χ0v) is 22.9. The lowest BCUT2D eigenvalue weighted by atomic mass is 10.0. The molecular formula is C30H41N5O3. The van der Waals surface area contributed by atoms with Gasteiger partial charge in [-0.25, -0.2) is 4.79 Å². The molecule has 8 nitrogen and oxygen atoms in total. The molecular weight excluding hydrogens is 478 g/mol. The number of hydrogen-bond acceptors (Lipinski definition) is 5. The molecule has 2 aliphatic rings. The van der Waals surface area contributed by atoms with Gasteiger partial charge in [0.15, 0.2) is 0 Å². The van der Waals surface area contributed by atoms with Gasteiger partial charge in [0.2, 0.25) is 0 Å². The number of H-pyrrole nitrogens is 1. The number of nitrogens with one attached hydrogen (secondary N) is 1. The first-order valence-electron chi connectivity index (χ1n) is 13.9. The molecule has 2 saturated heterocycles. The highest BCUT2D eigenvalue weighted by molar-refractivity contribution is 5.87. The van der Waals surface area contributed by atoms with Crippen LogP contribution in [0.25, 0.3) is 22.2 Å². The van der Waals surface area contributed by atoms with Crippen molar-refractivity contribution in [2.45, 2.75) is 38.8 Å². The van der Waals surface area contributed by atoms with Gasteiger partial charge >= 0.3 is 6.09 Å². The Hall–Kier alpha value is -3.23. The van der Waals surface area contributed by atoms with Gasteiger partial charge in [-0.1, -0.05) is 12.1 Å². The minimum atomic E-state index is -0.790. The summed E-state index contributed by atoms with van der Waals surface area (Å²) in [5.41, 5.74) is 4.49. The first-order valence-corrected chi connectivity index (χ1v) is 13.9. The standard InChI is InChI=1S/C30H41N5O3/c1-22(2)33-16-13-32(14-17-33)15-18-35(30(36)37)25-9-11-34(12-10-25)26-6-4-5-23(19-26)29-21-24-20-27(38-3)7-8-28(24)31-29/h4-8,19-22,25,31H,9-18H2,1-3H3,(H,36,37). The molecule has 0 bridgehead atoms. The monoisotopic (exact) mass is 519 g/mol. The SMILES string of the molecule is COc1ccc2[nH]c(-c3cccc(N4CCC(N(CCN5CCN(C(C)C)CC5)C(=O)O)CC4)c3)cc2c1. The maximum absolute atomic E-state index is 12.2. The number of anilines is 1. The van der Waals surface area contributed by atoms with Crippen LogP contribution in [0, 0.1) is 0 Å². The van der Waals surface area contributed by atoms with Crippen LogP contribution < -0.4 is 9.64 Å². The van der Waals surface area contributed by atoms with Gasteiger partial charge in [0, 0.05) is 86.7 Å². The van der Waals surface area contributed by atoms with Crippen molar-refractivity contribution in [1.82, 2.24) is 19.7 Å². The van der Waals surface area contributed by atoms with Crippen molar-refractivity contribution in [1.29, 1.82) is 0 Å². The van der Waals surface area contributed by atoms with E-state index in [1.165, 1.54) is 5.69 Å². The average molecular weight is 520 g/mol. The first kappa shape index (κ1) is 26.4. The Kier molecular flexibility index (Phi) is 8.09. The third kappa shape index (κ3) is 5.92. The normalized spacial score (nSPS) is 17.8. The Bertz CT molecular complexity index is 1230. The number of carbonyl (C=O) groups is 1. The van der Waals surface area contributed by atoms with Gasteiger partial charge < -0.3 is 24.6 Å². The van der Waals surface area contributed by atoms with Crippen molar-refractivity contribution >= 4 is 22.7 Å². The number of piperazine rings is 1. The summed E-state index contributed by atoms with van der Waals surface area (Å²) < 4.78 is 5.37. The molecule has 2 fully saturated rings. The van der Waals surface area contributed by atoms with Gasteiger partial charge in [0.25, 0.3) is 0 Å². The Morgan fingerprint density at radius 3 is 2.50 bits per heavy atom. The summed E-state index contributed by atoms with van der Waals surface area (Å²) >= 11 is 0. The van der Waals surface area contributed by atoms with E-state index in [0.29, 0.717) is 12.6 Å². The number of hydrogen-bond donors (Lipinski definition) is 2. The summed E-state index contributed by atoms with van der Waals surface area (Å²) in [5.74, 6) is 0.851. The van der Waals surface area contributed by atoms with Crippen molar-refractivity contribution in [3.05, 3.63) is 48.5 Å². The van der Waals surface area contributed by atoms with Crippen molar-refractivity contribution in [2.75, 3.05) is 64.4 Å². The molecule has 3 heterocycles. The number of carboxylic acid groups (broad SMARTS) is 1. The summed E-state index contributed by atoms with van der Waals surface area (Å²) in [6, 6.07) is 17.5. The van der Waals surface area contributed by atoms with Gasteiger partial charge in [0.05, 0.1) is 7.11 Å². The van der Waals surface area contributed by atoms with E-state index in [2.05, 4.69) is 63.9 Å². The Balaban J connectivity index is 1.18. The van der Waals surface area contributed by atoms with E-state index in [1.54, 1.807) is 12.0 Å². The second kappa shape index (κ2) is 11.7. The molecule has 0 aliphatic carbocycles. The number of rotatable bonds is 8. The minimum Gasteiger partial charge on any atom is -0.497 e. The van der Waals surface area contributed by atoms with Crippen molar-refractivity contribution < 1.29 is 14.6 Å². The summed E-state index contributed by atoms with van der Waals surface area (Å²) in [5, 5.41) is 11.1. The summed E-state index contributed by atoms with van der Waals surface area (Å²) in [6.07, 6.45) is 0.912. The second-order valence-corrected chi connectivity index (χ2v) is 10.9. The molecule has 1 amide bonds. The molecule has 2 aliphatic heterocycles. The molecule has 38 heavy (non-hydrogen) atoms. The topological polar surface area (TPSA) is 75.3 Å². The Labute approximate surface area is 225 Å². The average Bonchev–Trinajstić information content (AvgIpc) is 3.37. The molecule has 5 rings (SSSR count). The number of nitrogens with zero attached hydrogens (tertiary/aromatic N) is 4. The minimum absolute atomic E-state index is 0.0765. The lowest BCUT2D eigenvalue weighted by molar-refractivity contribution is 0.0816. The van der Waals surface area contributed by atoms with Crippen molar-refractivity contribution in [3.8, 4) is 17.0 Å². The van der Waals surface area contributed by atoms with Crippen LogP contribution >= 0.6 is 0 Å². The predicted molar refractivity (Wildman–Crippen MR) is 153 cm³/mol. The highest BCUT2D eigenvalue weighted by Gasteiger charge is 2.29. The fourth-order valence-corrected chi connectivity index (χ4v) is 5.89. The highest BCUT2D eigenvalue weighted by Crippen LogP contribution is 2.30. The van der Waals surface area contributed by atoms with Crippen LogP contribution in [0.4, 0.5) is 10.5 Å². The molecule has 0 unspecified atom stereocenters. The van der Waals surface area contributed by atoms with Crippen molar-refractivity contribution in [3.63, 3.8) is 0 Å². The number of fused-ring (bicyclic) bond motifs is 1. The van der Waals surface area contributed by atoms with Crippen LogP contribution in [0.5, 0.6) is 5.75 Å². The molecule has 1 aromatic heterocycles. The fourth-order valence-electron chi connectivity index (χ4n) is 5.89. The number of aromatic nitrogens is 1. The molecule has 0 saturated carbocycles. The van der Waals surface area contributed by atoms with E-state index >= 15 is 0 Å². The van der Waals surface area contributed by atoms with E-state index in [-0.39, 0.29) is 6.04 Å². The molecule has 2 aromatic carbocycles. The summed E-state index contributed by atoms with van der Waals surface area (Å²) in [7, 11) is 1.69. The molecule has 0 radical (unpaired) electrons. The largest absolute Gasteiger partial charge is 0.497 e. The van der Waals surface area contributed by atoms with Gasteiger partial charge in [-0.3, -0.25) is 9.80 Å². The lowest BCUT2D eigenvalue weighted by Crippen LogP contribution is -2.53. The Morgan fingerprint density at radius 1 is 1.05 bits per heavy atom. The van der Waals surface area contributed by atoms with E-state index in [1.807, 2.05) is 18.2 Å². The third-order valence-corrected chi connectivity index (χ3v) is 8.30. The van der Waals surface area contributed by atoms with E-state index in [0.717, 1.165) is 86.6 Å². The molecule has 0 spiro atoms. The highest BCUT2D eigenvalue weighted by atomic mass is 16.5. The smallest absolute Gasteiger partial charge is 0.407 e. The maximum atomic E-state index is 12.2. The zero-order chi connectivity index (χ0) is 26.6. The predicted octanol–water partition coefficient (Wildman–Crippen LogP) is 4.82. The maximum Gasteiger partial charge on any atom is 0.407 e. The van der Waals surface area contributed by atoms with Crippen LogP contribution in [0.1, 0.15) is 26.7 Å². The van der Waals surface area contributed by atoms with Crippen LogP contribution in [-0.2, 0) is 0 Å². The van der Waals surface area contributed by atoms with E-state index in [4.69, 9.17) is 4.74 Å². The Morgan fingerprint density at radius 2 is 1.82 bits per heavy atom. The first-order chi connectivity index (χ1) is 18.4. The summed E-state index contributed by atoms with van der Waals surface area (Å²) in [4.78, 5) is 24.7. The number of methoxy groups -OCH3 is 1. The number of aromatic amines is 1. The fraction of sp³-hybridized carbons (Fsp3) is 0.500. The number of piperidine rings is 1. The molecule has 204 valence electrons. The quantitative estimate of drug-likeness (QED) is 0.445. The lowest BCUT2D eigenvalue weighted by Gasteiger charge is -2.40. The number of amides is 1. The van der Waals surface area contributed by atoms with Gasteiger partial charge in [-0.15, -0.1) is 0 Å². The summed E-state index contributed by atoms with van der Waals surface area (Å²) in [6.45, 7) is 11.8. The zero-order valence-electron chi connectivity index (χ0n) is 22.9. The van der Waals surface area contributed by atoms with Gasteiger partial charge in [-0.05, 0) is 68.7 Å². The van der Waals surface area contributed by atoms with E-state index < -0.39 is 6.09 Å². The van der Waals surface area contributed by atoms with Gasteiger partial charge in [-0.2, -0.15) is 0 Å². The van der Waals surface area contributed by atoms with Crippen LogP contribution in [0.2, 0.25) is 0 Å². The van der Waals surface area contributed by atoms with Crippen molar-refractivity contribution in [2.24, 2.45) is 0 Å². The molecule has 2 N–H and O–H groups in total. The third-order valence-electron chi connectivity index (χ3n) is 8.30. The second-order valence-electron chi connectivity index (χ2n) is 10.9. The number of ether oxygens (including phenoxy) is 1.